The molecule has 2 aromatic carbocycles. The summed E-state index contributed by atoms with van der Waals surface area (Å²) in [4.78, 5) is 15.0. The van der Waals surface area contributed by atoms with E-state index >= 15 is 0 Å². The first-order chi connectivity index (χ1) is 10.7. The molecule has 0 spiro atoms. The Bertz CT molecular complexity index is 617. The zero-order valence-electron chi connectivity index (χ0n) is 13.2. The molecule has 0 amide bonds. The summed E-state index contributed by atoms with van der Waals surface area (Å²) in [6.45, 7) is 3.63. The van der Waals surface area contributed by atoms with Crippen molar-refractivity contribution < 1.29 is 4.79 Å². The molecule has 0 unspecified atom stereocenters. The molecule has 1 aliphatic rings. The van der Waals surface area contributed by atoms with E-state index in [0.29, 0.717) is 6.54 Å². The Labute approximate surface area is 132 Å². The maximum atomic E-state index is 12.6. The molecular weight excluding hydrogens is 270 g/mol. The zero-order valence-corrected chi connectivity index (χ0v) is 13.2. The van der Waals surface area contributed by atoms with Crippen LogP contribution in [0.25, 0.3) is 0 Å². The quantitative estimate of drug-likeness (QED) is 0.740. The third-order valence-electron chi connectivity index (χ3n) is 4.84. The van der Waals surface area contributed by atoms with Gasteiger partial charge in [0.05, 0.1) is 6.54 Å². The SMILES string of the molecule is CC1(N(CC(=O)c2ccccc2)Cc2ccccc2)CCC1. The van der Waals surface area contributed by atoms with Crippen LogP contribution in [-0.2, 0) is 6.54 Å². The molecule has 0 aliphatic heterocycles. The van der Waals surface area contributed by atoms with Crippen molar-refractivity contribution in [1.29, 1.82) is 0 Å². The average molecular weight is 293 g/mol. The van der Waals surface area contributed by atoms with Gasteiger partial charge in [0, 0.05) is 17.6 Å². The lowest BCUT2D eigenvalue weighted by Gasteiger charge is -2.48. The highest BCUT2D eigenvalue weighted by molar-refractivity contribution is 5.97. The van der Waals surface area contributed by atoms with Crippen LogP contribution in [0.4, 0.5) is 0 Å². The third kappa shape index (κ3) is 3.28. The number of hydrogen-bond acceptors (Lipinski definition) is 2. The van der Waals surface area contributed by atoms with Gasteiger partial charge in [-0.05, 0) is 31.7 Å². The summed E-state index contributed by atoms with van der Waals surface area (Å²) in [7, 11) is 0. The summed E-state index contributed by atoms with van der Waals surface area (Å²) in [6.07, 6.45) is 3.63. The summed E-state index contributed by atoms with van der Waals surface area (Å²) < 4.78 is 0. The molecule has 0 saturated heterocycles. The van der Waals surface area contributed by atoms with Crippen LogP contribution in [-0.4, -0.2) is 22.8 Å². The number of carbonyl (C=O) groups is 1. The molecule has 2 heteroatoms. The lowest BCUT2D eigenvalue weighted by molar-refractivity contribution is 0.0254. The first-order valence-corrected chi connectivity index (χ1v) is 8.05. The fraction of sp³-hybridized carbons (Fsp3) is 0.350. The van der Waals surface area contributed by atoms with Crippen LogP contribution in [0.2, 0.25) is 0 Å². The van der Waals surface area contributed by atoms with E-state index < -0.39 is 0 Å². The number of hydrogen-bond donors (Lipinski definition) is 0. The molecule has 2 aromatic rings. The predicted octanol–water partition coefficient (Wildman–Crippen LogP) is 4.31. The number of rotatable bonds is 6. The molecule has 0 N–H and O–H groups in total. The average Bonchev–Trinajstić information content (AvgIpc) is 2.54. The van der Waals surface area contributed by atoms with E-state index in [0.717, 1.165) is 12.1 Å². The van der Waals surface area contributed by atoms with Crippen LogP contribution in [0.3, 0.4) is 0 Å². The number of benzene rings is 2. The Balaban J connectivity index is 1.76. The van der Waals surface area contributed by atoms with Gasteiger partial charge < -0.3 is 0 Å². The van der Waals surface area contributed by atoms with Crippen LogP contribution in [0.15, 0.2) is 60.7 Å². The van der Waals surface area contributed by atoms with Gasteiger partial charge in [-0.15, -0.1) is 0 Å². The first-order valence-electron chi connectivity index (χ1n) is 8.05. The topological polar surface area (TPSA) is 20.3 Å². The van der Waals surface area contributed by atoms with Gasteiger partial charge in [-0.25, -0.2) is 0 Å². The van der Waals surface area contributed by atoms with Crippen molar-refractivity contribution in [2.75, 3.05) is 6.54 Å². The highest BCUT2D eigenvalue weighted by Gasteiger charge is 2.38. The van der Waals surface area contributed by atoms with E-state index in [9.17, 15) is 4.79 Å². The second kappa shape index (κ2) is 6.45. The van der Waals surface area contributed by atoms with Crippen molar-refractivity contribution in [2.24, 2.45) is 0 Å². The number of carbonyl (C=O) groups excluding carboxylic acids is 1. The summed E-state index contributed by atoms with van der Waals surface area (Å²) in [5, 5.41) is 0. The molecular formula is C20H23NO. The molecule has 2 nitrogen and oxygen atoms in total. The molecule has 114 valence electrons. The van der Waals surface area contributed by atoms with Crippen molar-refractivity contribution >= 4 is 5.78 Å². The highest BCUT2D eigenvalue weighted by Crippen LogP contribution is 2.38. The Kier molecular flexibility index (Phi) is 4.39. The fourth-order valence-electron chi connectivity index (χ4n) is 3.13. The predicted molar refractivity (Wildman–Crippen MR) is 89.9 cm³/mol. The van der Waals surface area contributed by atoms with Gasteiger partial charge in [-0.2, -0.15) is 0 Å². The summed E-state index contributed by atoms with van der Waals surface area (Å²) in [6, 6.07) is 20.1. The monoisotopic (exact) mass is 293 g/mol. The summed E-state index contributed by atoms with van der Waals surface area (Å²) >= 11 is 0. The van der Waals surface area contributed by atoms with Gasteiger partial charge in [0.1, 0.15) is 0 Å². The van der Waals surface area contributed by atoms with Crippen molar-refractivity contribution in [3.8, 4) is 0 Å². The molecule has 1 fully saturated rings. The lowest BCUT2D eigenvalue weighted by Crippen LogP contribution is -2.52. The van der Waals surface area contributed by atoms with Crippen molar-refractivity contribution in [1.82, 2.24) is 4.90 Å². The van der Waals surface area contributed by atoms with Crippen molar-refractivity contribution in [2.45, 2.75) is 38.3 Å². The normalized spacial score (nSPS) is 16.3. The molecule has 1 aliphatic carbocycles. The molecule has 1 saturated carbocycles. The summed E-state index contributed by atoms with van der Waals surface area (Å²) in [5.74, 6) is 0.213. The van der Waals surface area contributed by atoms with Gasteiger partial charge in [-0.1, -0.05) is 60.7 Å². The largest absolute Gasteiger partial charge is 0.293 e. The van der Waals surface area contributed by atoms with E-state index in [4.69, 9.17) is 0 Å². The van der Waals surface area contributed by atoms with Gasteiger partial charge in [-0.3, -0.25) is 9.69 Å². The zero-order chi connectivity index (χ0) is 15.4. The van der Waals surface area contributed by atoms with Crippen LogP contribution in [0.5, 0.6) is 0 Å². The van der Waals surface area contributed by atoms with E-state index in [1.807, 2.05) is 36.4 Å². The van der Waals surface area contributed by atoms with E-state index in [2.05, 4.69) is 36.1 Å². The van der Waals surface area contributed by atoms with E-state index in [1.165, 1.54) is 24.8 Å². The Morgan fingerprint density at radius 3 is 2.14 bits per heavy atom. The molecule has 3 rings (SSSR count). The molecule has 0 atom stereocenters. The Morgan fingerprint density at radius 1 is 1.00 bits per heavy atom. The molecule has 0 radical (unpaired) electrons. The molecule has 0 bridgehead atoms. The molecule has 0 aromatic heterocycles. The van der Waals surface area contributed by atoms with Gasteiger partial charge in [0.25, 0.3) is 0 Å². The lowest BCUT2D eigenvalue weighted by atomic mass is 9.76. The van der Waals surface area contributed by atoms with Gasteiger partial charge >= 0.3 is 0 Å². The van der Waals surface area contributed by atoms with Crippen LogP contribution in [0, 0.1) is 0 Å². The van der Waals surface area contributed by atoms with E-state index in [-0.39, 0.29) is 11.3 Å². The molecule has 0 heterocycles. The third-order valence-corrected chi connectivity index (χ3v) is 4.84. The van der Waals surface area contributed by atoms with E-state index in [1.54, 1.807) is 0 Å². The van der Waals surface area contributed by atoms with Crippen LogP contribution < -0.4 is 0 Å². The Morgan fingerprint density at radius 2 is 1.59 bits per heavy atom. The van der Waals surface area contributed by atoms with Crippen molar-refractivity contribution in [3.63, 3.8) is 0 Å². The Hall–Kier alpha value is -1.93. The van der Waals surface area contributed by atoms with Crippen LogP contribution in [0.1, 0.15) is 42.1 Å². The maximum Gasteiger partial charge on any atom is 0.176 e. The maximum absolute atomic E-state index is 12.6. The summed E-state index contributed by atoms with van der Waals surface area (Å²) in [5.41, 5.74) is 2.25. The first kappa shape index (κ1) is 15.0. The minimum absolute atomic E-state index is 0.167. The number of nitrogens with zero attached hydrogens (tertiary/aromatic N) is 1. The second-order valence-electron chi connectivity index (χ2n) is 6.48. The highest BCUT2D eigenvalue weighted by atomic mass is 16.1. The minimum atomic E-state index is 0.167. The minimum Gasteiger partial charge on any atom is -0.293 e. The van der Waals surface area contributed by atoms with Gasteiger partial charge in [0.15, 0.2) is 5.78 Å². The molecule has 22 heavy (non-hydrogen) atoms. The van der Waals surface area contributed by atoms with Gasteiger partial charge in [0.2, 0.25) is 0 Å². The second-order valence-corrected chi connectivity index (χ2v) is 6.48. The van der Waals surface area contributed by atoms with Crippen molar-refractivity contribution in [3.05, 3.63) is 71.8 Å². The standard InChI is InChI=1S/C20H23NO/c1-20(13-8-14-20)21(15-17-9-4-2-5-10-17)16-19(22)18-11-6-3-7-12-18/h2-7,9-12H,8,13-16H2,1H3. The van der Waals surface area contributed by atoms with Crippen LogP contribution >= 0.6 is 0 Å². The number of Topliss-reactive ketones (excluding diaryl/α,β-unsaturated/α-hetero) is 1. The number of ketones is 1. The smallest absolute Gasteiger partial charge is 0.176 e. The fourth-order valence-corrected chi connectivity index (χ4v) is 3.13.